The Labute approximate surface area is 165 Å². The minimum absolute atomic E-state index is 0.145. The van der Waals surface area contributed by atoms with E-state index in [9.17, 15) is 4.79 Å². The molecule has 3 rings (SSSR count). The van der Waals surface area contributed by atoms with Crippen LogP contribution in [0.2, 0.25) is 0 Å². The highest BCUT2D eigenvalue weighted by Gasteiger charge is 2.20. The summed E-state index contributed by atoms with van der Waals surface area (Å²) in [5, 5.41) is 3.99. The molecule has 0 bridgehead atoms. The first-order valence-corrected chi connectivity index (χ1v) is 9.23. The molecular formula is C22H26N2O4. The Morgan fingerprint density at radius 2 is 1.86 bits per heavy atom. The van der Waals surface area contributed by atoms with Gasteiger partial charge in [-0.3, -0.25) is 0 Å². The van der Waals surface area contributed by atoms with E-state index in [1.807, 2.05) is 55.5 Å². The Hall–Kier alpha value is -3.15. The monoisotopic (exact) mass is 382 g/mol. The maximum Gasteiger partial charge on any atom is 0.317 e. The number of benzene rings is 2. The molecule has 6 nitrogen and oxygen atoms in total. The molecule has 148 valence electrons. The third kappa shape index (κ3) is 4.22. The van der Waals surface area contributed by atoms with Crippen molar-refractivity contribution >= 4 is 17.0 Å². The van der Waals surface area contributed by atoms with E-state index < -0.39 is 0 Å². The fraction of sp³-hybridized carbons (Fsp3) is 0.318. The van der Waals surface area contributed by atoms with Gasteiger partial charge in [-0.2, -0.15) is 0 Å². The largest absolute Gasteiger partial charge is 0.493 e. The predicted octanol–water partition coefficient (Wildman–Crippen LogP) is 4.40. The zero-order chi connectivity index (χ0) is 20.1. The predicted molar refractivity (Wildman–Crippen MR) is 109 cm³/mol. The lowest BCUT2D eigenvalue weighted by atomic mass is 10.1. The van der Waals surface area contributed by atoms with E-state index in [0.29, 0.717) is 24.5 Å². The van der Waals surface area contributed by atoms with Crippen LogP contribution < -0.4 is 14.8 Å². The number of furan rings is 1. The summed E-state index contributed by atoms with van der Waals surface area (Å²) in [5.41, 5.74) is 1.89. The molecule has 0 saturated heterocycles. The number of carbonyl (C=O) groups is 1. The highest BCUT2D eigenvalue weighted by Crippen LogP contribution is 2.28. The van der Waals surface area contributed by atoms with Gasteiger partial charge in [0.15, 0.2) is 11.5 Å². The van der Waals surface area contributed by atoms with Gasteiger partial charge >= 0.3 is 6.03 Å². The Balaban J connectivity index is 1.56. The molecule has 1 unspecified atom stereocenters. The fourth-order valence-electron chi connectivity index (χ4n) is 3.05. The van der Waals surface area contributed by atoms with Gasteiger partial charge in [-0.25, -0.2) is 4.79 Å². The van der Waals surface area contributed by atoms with Crippen LogP contribution in [0.5, 0.6) is 11.5 Å². The summed E-state index contributed by atoms with van der Waals surface area (Å²) in [6.07, 6.45) is 0.693. The summed E-state index contributed by atoms with van der Waals surface area (Å²) in [5.74, 6) is 2.13. The lowest BCUT2D eigenvalue weighted by Gasteiger charge is -2.23. The van der Waals surface area contributed by atoms with Crippen LogP contribution >= 0.6 is 0 Å². The summed E-state index contributed by atoms with van der Waals surface area (Å²) in [7, 11) is 4.98. The zero-order valence-corrected chi connectivity index (χ0v) is 16.7. The minimum atomic E-state index is -0.173. The summed E-state index contributed by atoms with van der Waals surface area (Å²) >= 11 is 0. The van der Waals surface area contributed by atoms with E-state index in [4.69, 9.17) is 13.9 Å². The van der Waals surface area contributed by atoms with Gasteiger partial charge in [-0.1, -0.05) is 24.3 Å². The molecule has 6 heteroatoms. The van der Waals surface area contributed by atoms with Crippen molar-refractivity contribution in [1.29, 1.82) is 0 Å². The van der Waals surface area contributed by atoms with Crippen molar-refractivity contribution in [3.8, 4) is 11.5 Å². The third-order valence-corrected chi connectivity index (χ3v) is 4.90. The summed E-state index contributed by atoms with van der Waals surface area (Å²) in [4.78, 5) is 14.2. The molecule has 1 atom stereocenters. The molecule has 1 N–H and O–H groups in total. The van der Waals surface area contributed by atoms with Gasteiger partial charge in [0, 0.05) is 19.0 Å². The van der Waals surface area contributed by atoms with Crippen molar-refractivity contribution in [3.63, 3.8) is 0 Å². The molecule has 1 aromatic heterocycles. The van der Waals surface area contributed by atoms with Crippen LogP contribution in [0.25, 0.3) is 11.0 Å². The summed E-state index contributed by atoms with van der Waals surface area (Å²) < 4.78 is 16.4. The molecule has 0 aliphatic rings. The van der Waals surface area contributed by atoms with Gasteiger partial charge in [0.2, 0.25) is 0 Å². The summed E-state index contributed by atoms with van der Waals surface area (Å²) in [6.45, 7) is 2.47. The Kier molecular flexibility index (Phi) is 6.09. The summed E-state index contributed by atoms with van der Waals surface area (Å²) in [6, 6.07) is 15.2. The van der Waals surface area contributed by atoms with Crippen molar-refractivity contribution < 1.29 is 18.7 Å². The minimum Gasteiger partial charge on any atom is -0.493 e. The molecule has 0 spiro atoms. The number of amides is 2. The molecule has 2 amide bonds. The second-order valence-electron chi connectivity index (χ2n) is 6.64. The Morgan fingerprint density at radius 1 is 1.11 bits per heavy atom. The van der Waals surface area contributed by atoms with E-state index >= 15 is 0 Å². The first-order chi connectivity index (χ1) is 13.5. The van der Waals surface area contributed by atoms with E-state index in [1.54, 1.807) is 26.2 Å². The molecule has 0 radical (unpaired) electrons. The molecule has 0 aliphatic carbocycles. The highest BCUT2D eigenvalue weighted by atomic mass is 16.5. The molecule has 0 saturated carbocycles. The van der Waals surface area contributed by atoms with Crippen LogP contribution in [0.4, 0.5) is 4.79 Å². The molecule has 1 heterocycles. The van der Waals surface area contributed by atoms with Crippen molar-refractivity contribution in [2.75, 3.05) is 27.8 Å². The van der Waals surface area contributed by atoms with Gasteiger partial charge in [0.1, 0.15) is 11.3 Å². The van der Waals surface area contributed by atoms with Crippen molar-refractivity contribution in [3.05, 3.63) is 59.9 Å². The number of hydrogen-bond donors (Lipinski definition) is 1. The molecule has 2 aromatic carbocycles. The molecule has 0 fully saturated rings. The molecule has 0 aliphatic heterocycles. The van der Waals surface area contributed by atoms with Crippen LogP contribution in [0.3, 0.4) is 0 Å². The Morgan fingerprint density at radius 3 is 2.57 bits per heavy atom. The smallest absolute Gasteiger partial charge is 0.317 e. The molecular weight excluding hydrogens is 356 g/mol. The van der Waals surface area contributed by atoms with Crippen LogP contribution in [0.1, 0.15) is 24.3 Å². The second kappa shape index (κ2) is 8.69. The first kappa shape index (κ1) is 19.6. The third-order valence-electron chi connectivity index (χ3n) is 4.90. The van der Waals surface area contributed by atoms with Crippen LogP contribution in [-0.4, -0.2) is 38.7 Å². The molecule has 3 aromatic rings. The lowest BCUT2D eigenvalue weighted by molar-refractivity contribution is 0.188. The van der Waals surface area contributed by atoms with Crippen LogP contribution in [0, 0.1) is 0 Å². The normalized spacial score (nSPS) is 11.9. The maximum absolute atomic E-state index is 12.5. The topological polar surface area (TPSA) is 63.9 Å². The number of para-hydroxylation sites is 1. The fourth-order valence-corrected chi connectivity index (χ4v) is 3.05. The van der Waals surface area contributed by atoms with E-state index in [-0.39, 0.29) is 12.1 Å². The van der Waals surface area contributed by atoms with Crippen molar-refractivity contribution in [2.45, 2.75) is 19.4 Å². The van der Waals surface area contributed by atoms with E-state index in [1.165, 1.54) is 0 Å². The van der Waals surface area contributed by atoms with Crippen LogP contribution in [0.15, 0.2) is 52.9 Å². The van der Waals surface area contributed by atoms with E-state index in [0.717, 1.165) is 22.3 Å². The standard InChI is InChI=1S/C22H26N2O4/c1-15(20-14-17-7-5-6-8-18(17)28-20)24(2)22(25)23-12-11-16-9-10-19(26-3)21(13-16)27-4/h5-10,13-15H,11-12H2,1-4H3,(H,23,25). The number of ether oxygens (including phenoxy) is 2. The van der Waals surface area contributed by atoms with Gasteiger partial charge in [0.05, 0.1) is 20.3 Å². The van der Waals surface area contributed by atoms with Gasteiger partial charge < -0.3 is 24.1 Å². The van der Waals surface area contributed by atoms with Crippen molar-refractivity contribution in [1.82, 2.24) is 10.2 Å². The number of nitrogens with zero attached hydrogens (tertiary/aromatic N) is 1. The average molecular weight is 382 g/mol. The second-order valence-corrected chi connectivity index (χ2v) is 6.64. The van der Waals surface area contributed by atoms with Gasteiger partial charge in [-0.15, -0.1) is 0 Å². The molecule has 28 heavy (non-hydrogen) atoms. The Bertz CT molecular complexity index is 918. The number of fused-ring (bicyclic) bond motifs is 1. The lowest BCUT2D eigenvalue weighted by Crippen LogP contribution is -2.39. The zero-order valence-electron chi connectivity index (χ0n) is 16.7. The van der Waals surface area contributed by atoms with Crippen LogP contribution in [-0.2, 0) is 6.42 Å². The maximum atomic E-state index is 12.5. The number of nitrogens with one attached hydrogen (secondary N) is 1. The average Bonchev–Trinajstić information content (AvgIpc) is 3.16. The quantitative estimate of drug-likeness (QED) is 0.658. The number of hydrogen-bond acceptors (Lipinski definition) is 4. The number of methoxy groups -OCH3 is 2. The van der Waals surface area contributed by atoms with Gasteiger partial charge in [-0.05, 0) is 43.2 Å². The number of urea groups is 1. The number of carbonyl (C=O) groups excluding carboxylic acids is 1. The highest BCUT2D eigenvalue weighted by molar-refractivity contribution is 5.78. The van der Waals surface area contributed by atoms with Crippen molar-refractivity contribution in [2.24, 2.45) is 0 Å². The number of rotatable bonds is 7. The van der Waals surface area contributed by atoms with Gasteiger partial charge in [0.25, 0.3) is 0 Å². The first-order valence-electron chi connectivity index (χ1n) is 9.23. The SMILES string of the molecule is COc1ccc(CCNC(=O)N(C)C(C)c2cc3ccccc3o2)cc1OC. The van der Waals surface area contributed by atoms with E-state index in [2.05, 4.69) is 5.32 Å².